The van der Waals surface area contributed by atoms with E-state index >= 15 is 0 Å². The maximum atomic E-state index is 9.81. The van der Waals surface area contributed by atoms with Crippen LogP contribution in [0.1, 0.15) is 26.7 Å². The van der Waals surface area contributed by atoms with Gasteiger partial charge in [-0.2, -0.15) is 5.26 Å². The lowest BCUT2D eigenvalue weighted by Crippen LogP contribution is -2.51. The third kappa shape index (κ3) is 5.87. The van der Waals surface area contributed by atoms with E-state index in [0.717, 1.165) is 39.0 Å². The maximum Gasteiger partial charge on any atom is 0.0978 e. The van der Waals surface area contributed by atoms with Crippen molar-refractivity contribution in [2.75, 3.05) is 45.9 Å². The summed E-state index contributed by atoms with van der Waals surface area (Å²) in [5.74, 6) is 0. The van der Waals surface area contributed by atoms with Crippen LogP contribution in [-0.2, 0) is 4.74 Å². The normalized spacial score (nSPS) is 20.9. The van der Waals surface area contributed by atoms with Crippen molar-refractivity contribution in [3.05, 3.63) is 0 Å². The van der Waals surface area contributed by atoms with Crippen molar-refractivity contribution < 1.29 is 9.84 Å². The number of rotatable bonds is 8. The molecule has 1 aliphatic rings. The van der Waals surface area contributed by atoms with Gasteiger partial charge in [-0.1, -0.05) is 13.3 Å². The average Bonchev–Trinajstić information content (AvgIpc) is 2.43. The first-order valence-corrected chi connectivity index (χ1v) is 7.33. The quantitative estimate of drug-likeness (QED) is 0.702. The van der Waals surface area contributed by atoms with Crippen LogP contribution < -0.4 is 0 Å². The van der Waals surface area contributed by atoms with E-state index in [4.69, 9.17) is 10.00 Å². The van der Waals surface area contributed by atoms with Crippen LogP contribution in [0.4, 0.5) is 0 Å². The molecule has 19 heavy (non-hydrogen) atoms. The van der Waals surface area contributed by atoms with E-state index in [-0.39, 0.29) is 6.04 Å². The summed E-state index contributed by atoms with van der Waals surface area (Å²) >= 11 is 0. The molecule has 110 valence electrons. The molecule has 0 bridgehead atoms. The molecule has 0 aromatic heterocycles. The van der Waals surface area contributed by atoms with Gasteiger partial charge in [0.2, 0.25) is 0 Å². The number of hydrogen-bond acceptors (Lipinski definition) is 5. The van der Waals surface area contributed by atoms with E-state index in [1.165, 1.54) is 0 Å². The molecule has 0 spiro atoms. The number of β-amino-alcohol motifs (C(OH)–C–C–N with tert-alkyl or cyclic N) is 1. The molecule has 1 aliphatic heterocycles. The standard InChI is InChI=1S/C14H27N3O2/c1-3-5-13(10-15)17-8-6-16(7-9-17)11-14(18)12-19-4-2/h13-14,18H,3-9,11-12H2,1-2H3. The lowest BCUT2D eigenvalue weighted by atomic mass is 10.1. The molecule has 0 saturated carbocycles. The lowest BCUT2D eigenvalue weighted by molar-refractivity contribution is 0.00849. The number of nitrogens with zero attached hydrogens (tertiary/aromatic N) is 3. The fourth-order valence-electron chi connectivity index (χ4n) is 2.46. The van der Waals surface area contributed by atoms with Crippen LogP contribution in [0.3, 0.4) is 0 Å². The van der Waals surface area contributed by atoms with Crippen LogP contribution in [0.25, 0.3) is 0 Å². The predicted octanol–water partition coefficient (Wildman–Crippen LogP) is 0.694. The van der Waals surface area contributed by atoms with Crippen LogP contribution in [0, 0.1) is 11.3 Å². The van der Waals surface area contributed by atoms with Gasteiger partial charge in [0.25, 0.3) is 0 Å². The molecule has 5 heteroatoms. The molecule has 2 atom stereocenters. The van der Waals surface area contributed by atoms with Crippen molar-refractivity contribution in [1.82, 2.24) is 9.80 Å². The second kappa shape index (κ2) is 9.27. The first kappa shape index (κ1) is 16.4. The summed E-state index contributed by atoms with van der Waals surface area (Å²) in [5, 5.41) is 19.0. The number of nitriles is 1. The highest BCUT2D eigenvalue weighted by molar-refractivity contribution is 4.93. The van der Waals surface area contributed by atoms with Crippen LogP contribution >= 0.6 is 0 Å². The summed E-state index contributed by atoms with van der Waals surface area (Å²) in [7, 11) is 0. The number of aliphatic hydroxyl groups is 1. The number of hydrogen-bond donors (Lipinski definition) is 1. The monoisotopic (exact) mass is 269 g/mol. The van der Waals surface area contributed by atoms with Gasteiger partial charge in [-0.15, -0.1) is 0 Å². The summed E-state index contributed by atoms with van der Waals surface area (Å²) in [6, 6.07) is 2.45. The van der Waals surface area contributed by atoms with E-state index in [9.17, 15) is 5.11 Å². The summed E-state index contributed by atoms with van der Waals surface area (Å²) in [6.07, 6.45) is 1.59. The Morgan fingerprint density at radius 3 is 2.47 bits per heavy atom. The van der Waals surface area contributed by atoms with Crippen molar-refractivity contribution in [3.63, 3.8) is 0 Å². The second-order valence-corrected chi connectivity index (χ2v) is 5.08. The average molecular weight is 269 g/mol. The minimum atomic E-state index is -0.408. The molecule has 0 radical (unpaired) electrons. The molecular formula is C14H27N3O2. The minimum absolute atomic E-state index is 0.0560. The molecule has 2 unspecified atom stereocenters. The molecule has 0 aliphatic carbocycles. The molecule has 0 aromatic carbocycles. The highest BCUT2D eigenvalue weighted by atomic mass is 16.5. The molecule has 5 nitrogen and oxygen atoms in total. The fourth-order valence-corrected chi connectivity index (χ4v) is 2.46. The Labute approximate surface area is 116 Å². The van der Waals surface area contributed by atoms with Gasteiger partial charge in [-0.25, -0.2) is 0 Å². The molecule has 1 N–H and O–H groups in total. The van der Waals surface area contributed by atoms with Crippen LogP contribution in [0.2, 0.25) is 0 Å². The predicted molar refractivity (Wildman–Crippen MR) is 74.8 cm³/mol. The Balaban J connectivity index is 2.26. The molecular weight excluding hydrogens is 242 g/mol. The lowest BCUT2D eigenvalue weighted by Gasteiger charge is -2.37. The van der Waals surface area contributed by atoms with Gasteiger partial charge in [0, 0.05) is 39.3 Å². The molecule has 1 saturated heterocycles. The van der Waals surface area contributed by atoms with Gasteiger partial charge in [0.05, 0.1) is 24.8 Å². The first-order chi connectivity index (χ1) is 9.21. The van der Waals surface area contributed by atoms with Crippen LogP contribution in [0.5, 0.6) is 0 Å². The summed E-state index contributed by atoms with van der Waals surface area (Å²) in [5.41, 5.74) is 0. The Morgan fingerprint density at radius 2 is 1.95 bits per heavy atom. The fraction of sp³-hybridized carbons (Fsp3) is 0.929. The topological polar surface area (TPSA) is 59.7 Å². The van der Waals surface area contributed by atoms with E-state index in [2.05, 4.69) is 22.8 Å². The molecule has 1 rings (SSSR count). The van der Waals surface area contributed by atoms with Crippen LogP contribution in [-0.4, -0.2) is 73.0 Å². The maximum absolute atomic E-state index is 9.81. The molecule has 0 aromatic rings. The highest BCUT2D eigenvalue weighted by Gasteiger charge is 2.24. The summed E-state index contributed by atoms with van der Waals surface area (Å²) in [4.78, 5) is 4.51. The molecule has 1 heterocycles. The highest BCUT2D eigenvalue weighted by Crippen LogP contribution is 2.10. The molecule has 1 fully saturated rings. The van der Waals surface area contributed by atoms with Crippen molar-refractivity contribution in [1.29, 1.82) is 5.26 Å². The van der Waals surface area contributed by atoms with Crippen LogP contribution in [0.15, 0.2) is 0 Å². The van der Waals surface area contributed by atoms with Gasteiger partial charge in [0.15, 0.2) is 0 Å². The van der Waals surface area contributed by atoms with E-state index in [0.29, 0.717) is 19.8 Å². The zero-order valence-electron chi connectivity index (χ0n) is 12.2. The minimum Gasteiger partial charge on any atom is -0.389 e. The first-order valence-electron chi connectivity index (χ1n) is 7.33. The van der Waals surface area contributed by atoms with E-state index in [1.807, 2.05) is 6.92 Å². The smallest absolute Gasteiger partial charge is 0.0978 e. The van der Waals surface area contributed by atoms with E-state index in [1.54, 1.807) is 0 Å². The third-order valence-corrected chi connectivity index (χ3v) is 3.54. The van der Waals surface area contributed by atoms with Crippen molar-refractivity contribution in [2.45, 2.75) is 38.8 Å². The summed E-state index contributed by atoms with van der Waals surface area (Å²) < 4.78 is 5.22. The van der Waals surface area contributed by atoms with Crippen molar-refractivity contribution in [2.24, 2.45) is 0 Å². The van der Waals surface area contributed by atoms with Gasteiger partial charge < -0.3 is 9.84 Å². The van der Waals surface area contributed by atoms with Crippen molar-refractivity contribution >= 4 is 0 Å². The molecule has 0 amide bonds. The van der Waals surface area contributed by atoms with Crippen molar-refractivity contribution in [3.8, 4) is 6.07 Å². The Morgan fingerprint density at radius 1 is 1.26 bits per heavy atom. The van der Waals surface area contributed by atoms with Gasteiger partial charge in [-0.05, 0) is 13.3 Å². The SMILES string of the molecule is CCCC(C#N)N1CCN(CC(O)COCC)CC1. The number of ether oxygens (including phenoxy) is 1. The largest absolute Gasteiger partial charge is 0.389 e. The zero-order chi connectivity index (χ0) is 14.1. The third-order valence-electron chi connectivity index (χ3n) is 3.54. The summed E-state index contributed by atoms with van der Waals surface area (Å²) in [6.45, 7) is 9.44. The van der Waals surface area contributed by atoms with Gasteiger partial charge >= 0.3 is 0 Å². The Hall–Kier alpha value is -0.670. The number of aliphatic hydroxyl groups excluding tert-OH is 1. The Bertz CT molecular complexity index is 272. The Kier molecular flexibility index (Phi) is 7.99. The number of piperazine rings is 1. The van der Waals surface area contributed by atoms with Gasteiger partial charge in [-0.3, -0.25) is 9.80 Å². The van der Waals surface area contributed by atoms with E-state index < -0.39 is 6.10 Å². The zero-order valence-corrected chi connectivity index (χ0v) is 12.2. The second-order valence-electron chi connectivity index (χ2n) is 5.08. The van der Waals surface area contributed by atoms with Gasteiger partial charge in [0.1, 0.15) is 0 Å².